The van der Waals surface area contributed by atoms with Crippen LogP contribution in [0.1, 0.15) is 60.0 Å². The minimum atomic E-state index is -1.43. The Hall–Kier alpha value is -2.30. The van der Waals surface area contributed by atoms with Crippen LogP contribution < -0.4 is 5.32 Å². The molecule has 0 aromatic carbocycles. The number of aryl methyl sites for hydroxylation is 1. The van der Waals surface area contributed by atoms with Gasteiger partial charge in [-0.1, -0.05) is 6.07 Å². The molecule has 7 nitrogen and oxygen atoms in total. The molecule has 0 spiro atoms. The van der Waals surface area contributed by atoms with Crippen molar-refractivity contribution in [3.63, 3.8) is 0 Å². The Morgan fingerprint density at radius 2 is 2.00 bits per heavy atom. The van der Waals surface area contributed by atoms with Crippen molar-refractivity contribution >= 4 is 45.4 Å². The van der Waals surface area contributed by atoms with E-state index in [4.69, 9.17) is 4.42 Å². The number of pyridine rings is 1. The summed E-state index contributed by atoms with van der Waals surface area (Å²) in [6, 6.07) is 3.75. The molecule has 1 N–H and O–H groups in total. The standard InChI is InChI=1S/C24H25FIN5O2/c1-12-17(19-20(30-23(2)6-7-23)28-11-29-21(19)33-12)22(32)31-9-14-15(10-31)18(14)16-5-4-13(8-27-16)24(3,25)26/h4-5,8,11,14-15,18H,6-7,9-10H2,1-3H3,(H,28,29,30). The van der Waals surface area contributed by atoms with Gasteiger partial charge in [-0.2, -0.15) is 0 Å². The first-order chi connectivity index (χ1) is 15.6. The molecule has 4 heterocycles. The van der Waals surface area contributed by atoms with Gasteiger partial charge in [0.2, 0.25) is 5.71 Å². The molecule has 1 saturated heterocycles. The zero-order chi connectivity index (χ0) is 23.1. The molecule has 172 valence electrons. The Morgan fingerprint density at radius 1 is 1.27 bits per heavy atom. The number of alkyl halides is 2. The second-order valence-corrected chi connectivity index (χ2v) is 12.1. The van der Waals surface area contributed by atoms with Crippen LogP contribution in [-0.2, 0) is 3.68 Å². The number of aromatic nitrogens is 3. The van der Waals surface area contributed by atoms with Crippen molar-refractivity contribution in [1.29, 1.82) is 0 Å². The number of fused-ring (bicyclic) bond motifs is 2. The molecule has 2 saturated carbocycles. The molecule has 33 heavy (non-hydrogen) atoms. The van der Waals surface area contributed by atoms with Crippen molar-refractivity contribution in [3.05, 3.63) is 47.2 Å². The number of hydrogen-bond donors (Lipinski definition) is 1. The van der Waals surface area contributed by atoms with Gasteiger partial charge >= 0.3 is 0 Å². The van der Waals surface area contributed by atoms with E-state index in [1.807, 2.05) is 24.0 Å². The molecule has 9 heteroatoms. The van der Waals surface area contributed by atoms with Crippen molar-refractivity contribution in [1.82, 2.24) is 19.9 Å². The third-order valence-electron chi connectivity index (χ3n) is 7.41. The number of amides is 1. The second kappa shape index (κ2) is 7.10. The molecule has 1 amide bonds. The SMILES string of the molecule is Cc1oc2ncnc(NC3(C)CC3)c2c1C(=O)N1CC2C(C1)C2c1ccc(C(C)(F)I)cn1. The predicted octanol–water partition coefficient (Wildman–Crippen LogP) is 4.95. The normalized spacial score (nSPS) is 26.7. The first-order valence-corrected chi connectivity index (χ1v) is 12.4. The Bertz CT molecular complexity index is 1250. The molecule has 3 unspecified atom stereocenters. The highest BCUT2D eigenvalue weighted by atomic mass is 127. The number of halogens is 2. The fourth-order valence-electron chi connectivity index (χ4n) is 5.15. The summed E-state index contributed by atoms with van der Waals surface area (Å²) >= 11 is 1.78. The van der Waals surface area contributed by atoms with Gasteiger partial charge in [0.05, 0.1) is 10.9 Å². The summed E-state index contributed by atoms with van der Waals surface area (Å²) in [6.07, 6.45) is 5.26. The number of hydrogen-bond acceptors (Lipinski definition) is 6. The number of carbonyl (C=O) groups is 1. The van der Waals surface area contributed by atoms with Crippen molar-refractivity contribution in [2.24, 2.45) is 11.8 Å². The van der Waals surface area contributed by atoms with E-state index in [9.17, 15) is 9.18 Å². The van der Waals surface area contributed by atoms with Crippen molar-refractivity contribution in [3.8, 4) is 0 Å². The number of anilines is 1. The van der Waals surface area contributed by atoms with E-state index in [1.54, 1.807) is 28.8 Å². The predicted molar refractivity (Wildman–Crippen MR) is 130 cm³/mol. The Balaban J connectivity index is 1.21. The highest BCUT2D eigenvalue weighted by Crippen LogP contribution is 2.58. The van der Waals surface area contributed by atoms with Gasteiger partial charge in [0.15, 0.2) is 3.68 Å². The third kappa shape index (κ3) is 3.59. The number of piperidine rings is 1. The number of likely N-dealkylation sites (tertiary alicyclic amines) is 1. The van der Waals surface area contributed by atoms with Crippen LogP contribution in [0, 0.1) is 18.8 Å². The maximum atomic E-state index is 14.1. The molecule has 3 aromatic rings. The number of furan rings is 1. The summed E-state index contributed by atoms with van der Waals surface area (Å²) in [5, 5.41) is 4.15. The highest BCUT2D eigenvalue weighted by molar-refractivity contribution is 14.1. The summed E-state index contributed by atoms with van der Waals surface area (Å²) < 4.78 is 18.5. The largest absolute Gasteiger partial charge is 0.442 e. The second-order valence-electron chi connectivity index (χ2n) is 10.0. The van der Waals surface area contributed by atoms with Crippen molar-refractivity contribution < 1.29 is 13.6 Å². The Morgan fingerprint density at radius 3 is 2.61 bits per heavy atom. The maximum absolute atomic E-state index is 14.1. The molecular formula is C24H25FIN5O2. The average Bonchev–Trinajstić information content (AvgIpc) is 3.55. The van der Waals surface area contributed by atoms with Gasteiger partial charge in [0, 0.05) is 42.0 Å². The fraction of sp³-hybridized carbons (Fsp3) is 0.500. The first-order valence-electron chi connectivity index (χ1n) is 11.3. The van der Waals surface area contributed by atoms with Crippen molar-refractivity contribution in [2.75, 3.05) is 18.4 Å². The Kier molecular flexibility index (Phi) is 4.57. The van der Waals surface area contributed by atoms with E-state index in [1.165, 1.54) is 13.3 Å². The van der Waals surface area contributed by atoms with Crippen LogP contribution in [0.3, 0.4) is 0 Å². The van der Waals surface area contributed by atoms with Gasteiger partial charge in [-0.3, -0.25) is 9.78 Å². The highest BCUT2D eigenvalue weighted by Gasteiger charge is 2.58. The first kappa shape index (κ1) is 21.2. The monoisotopic (exact) mass is 561 g/mol. The van der Waals surface area contributed by atoms with Crippen molar-refractivity contribution in [2.45, 2.75) is 48.7 Å². The molecule has 3 atom stereocenters. The van der Waals surface area contributed by atoms with Crippen LogP contribution in [-0.4, -0.2) is 44.4 Å². The fourth-order valence-corrected chi connectivity index (χ4v) is 5.47. The van der Waals surface area contributed by atoms with E-state index in [-0.39, 0.29) is 11.4 Å². The molecular weight excluding hydrogens is 536 g/mol. The Labute approximate surface area is 204 Å². The third-order valence-corrected chi connectivity index (χ3v) is 8.04. The van der Waals surface area contributed by atoms with Gasteiger partial charge < -0.3 is 14.6 Å². The van der Waals surface area contributed by atoms with E-state index in [2.05, 4.69) is 27.2 Å². The topological polar surface area (TPSA) is 84.2 Å². The molecule has 6 rings (SSSR count). The van der Waals surface area contributed by atoms with Gasteiger partial charge in [-0.05, 0) is 74.1 Å². The smallest absolute Gasteiger partial charge is 0.258 e. The summed E-state index contributed by atoms with van der Waals surface area (Å²) in [5.74, 6) is 2.32. The van der Waals surface area contributed by atoms with Crippen LogP contribution in [0.15, 0.2) is 29.1 Å². The summed E-state index contributed by atoms with van der Waals surface area (Å²) in [6.45, 7) is 6.86. The lowest BCUT2D eigenvalue weighted by Gasteiger charge is -2.20. The minimum absolute atomic E-state index is 0.0225. The van der Waals surface area contributed by atoms with E-state index < -0.39 is 3.68 Å². The molecule has 0 bridgehead atoms. The quantitative estimate of drug-likeness (QED) is 0.351. The molecule has 0 radical (unpaired) electrons. The van der Waals surface area contributed by atoms with E-state index in [0.29, 0.717) is 64.6 Å². The maximum Gasteiger partial charge on any atom is 0.258 e. The molecule has 3 aromatic heterocycles. The van der Waals surface area contributed by atoms with Crippen LogP contribution in [0.5, 0.6) is 0 Å². The number of nitrogens with zero attached hydrogens (tertiary/aromatic N) is 4. The molecule has 3 aliphatic rings. The van der Waals surface area contributed by atoms with Gasteiger partial charge in [0.25, 0.3) is 5.91 Å². The van der Waals surface area contributed by atoms with E-state index >= 15 is 0 Å². The summed E-state index contributed by atoms with van der Waals surface area (Å²) in [7, 11) is 0. The summed E-state index contributed by atoms with van der Waals surface area (Å²) in [5.41, 5.74) is 2.59. The molecule has 3 fully saturated rings. The zero-order valence-corrected chi connectivity index (χ0v) is 20.9. The van der Waals surface area contributed by atoms with Crippen LogP contribution >= 0.6 is 22.6 Å². The number of rotatable bonds is 5. The van der Waals surface area contributed by atoms with Crippen LogP contribution in [0.25, 0.3) is 11.1 Å². The minimum Gasteiger partial charge on any atom is -0.442 e. The lowest BCUT2D eigenvalue weighted by Crippen LogP contribution is -2.32. The van der Waals surface area contributed by atoms with Crippen LogP contribution in [0.2, 0.25) is 0 Å². The zero-order valence-electron chi connectivity index (χ0n) is 18.7. The lowest BCUT2D eigenvalue weighted by atomic mass is 10.1. The van der Waals surface area contributed by atoms with Gasteiger partial charge in [0.1, 0.15) is 17.9 Å². The molecule has 2 aliphatic carbocycles. The molecule has 1 aliphatic heterocycles. The lowest BCUT2D eigenvalue weighted by molar-refractivity contribution is 0.0772. The van der Waals surface area contributed by atoms with Gasteiger partial charge in [-0.25, -0.2) is 14.4 Å². The summed E-state index contributed by atoms with van der Waals surface area (Å²) in [4.78, 5) is 28.7. The number of nitrogens with one attached hydrogen (secondary N) is 1. The van der Waals surface area contributed by atoms with E-state index in [0.717, 1.165) is 18.5 Å². The van der Waals surface area contributed by atoms with Crippen LogP contribution in [0.4, 0.5) is 10.2 Å². The van der Waals surface area contributed by atoms with Gasteiger partial charge in [-0.15, -0.1) is 0 Å². The average molecular weight is 561 g/mol. The number of carbonyl (C=O) groups excluding carboxylic acids is 1.